The van der Waals surface area contributed by atoms with Crippen molar-refractivity contribution in [1.29, 1.82) is 0 Å². The number of hydrogen-bond donors (Lipinski definition) is 0. The van der Waals surface area contributed by atoms with Crippen LogP contribution in [0, 0.1) is 0 Å². The van der Waals surface area contributed by atoms with E-state index in [9.17, 15) is 4.79 Å². The summed E-state index contributed by atoms with van der Waals surface area (Å²) in [4.78, 5) is 21.0. The maximum absolute atomic E-state index is 12.3. The molecule has 106 valence electrons. The van der Waals surface area contributed by atoms with Gasteiger partial charge in [0.25, 0.3) is 5.91 Å². The Morgan fingerprint density at radius 3 is 3.00 bits per heavy atom. The molecule has 0 aromatic carbocycles. The Morgan fingerprint density at radius 2 is 2.30 bits per heavy atom. The highest BCUT2D eigenvalue weighted by molar-refractivity contribution is 7.08. The molecule has 2 aromatic rings. The van der Waals surface area contributed by atoms with Crippen LogP contribution in [0.15, 0.2) is 23.0 Å². The maximum Gasteiger partial charge on any atom is 0.255 e. The second-order valence-electron chi connectivity index (χ2n) is 5.32. The minimum absolute atomic E-state index is 0.106. The summed E-state index contributed by atoms with van der Waals surface area (Å²) >= 11 is 1.55. The number of fused-ring (bicyclic) bond motifs is 1. The van der Waals surface area contributed by atoms with Crippen LogP contribution in [0.2, 0.25) is 0 Å². The number of aromatic nitrogens is 2. The summed E-state index contributed by atoms with van der Waals surface area (Å²) in [6.07, 6.45) is 2.10. The molecule has 2 aromatic heterocycles. The number of nitrogens with zero attached hydrogens (tertiary/aromatic N) is 4. The Balaban J connectivity index is 1.75. The van der Waals surface area contributed by atoms with Crippen molar-refractivity contribution in [1.82, 2.24) is 19.4 Å². The van der Waals surface area contributed by atoms with Crippen molar-refractivity contribution in [3.8, 4) is 0 Å². The normalized spacial score (nSPS) is 14.7. The highest BCUT2D eigenvalue weighted by atomic mass is 32.1. The van der Waals surface area contributed by atoms with E-state index >= 15 is 0 Å². The van der Waals surface area contributed by atoms with E-state index in [1.165, 1.54) is 0 Å². The topological polar surface area (TPSA) is 41.4 Å². The second-order valence-corrected chi connectivity index (χ2v) is 6.10. The van der Waals surface area contributed by atoms with Gasteiger partial charge in [-0.15, -0.1) is 0 Å². The fourth-order valence-electron chi connectivity index (χ4n) is 2.45. The lowest BCUT2D eigenvalue weighted by Gasteiger charge is -2.27. The molecule has 20 heavy (non-hydrogen) atoms. The van der Waals surface area contributed by atoms with Gasteiger partial charge in [0.1, 0.15) is 5.82 Å². The molecule has 0 aliphatic carbocycles. The van der Waals surface area contributed by atoms with Crippen molar-refractivity contribution in [2.24, 2.45) is 0 Å². The van der Waals surface area contributed by atoms with E-state index < -0.39 is 0 Å². The van der Waals surface area contributed by atoms with Gasteiger partial charge in [-0.25, -0.2) is 4.98 Å². The fraction of sp³-hybridized carbons (Fsp3) is 0.429. The smallest absolute Gasteiger partial charge is 0.255 e. The van der Waals surface area contributed by atoms with Crippen LogP contribution in [0.5, 0.6) is 0 Å². The van der Waals surface area contributed by atoms with E-state index in [-0.39, 0.29) is 5.91 Å². The molecule has 0 bridgehead atoms. The summed E-state index contributed by atoms with van der Waals surface area (Å²) in [5.41, 5.74) is 1.85. The van der Waals surface area contributed by atoms with Crippen molar-refractivity contribution >= 4 is 17.2 Å². The highest BCUT2D eigenvalue weighted by Crippen LogP contribution is 2.17. The second kappa shape index (κ2) is 5.38. The van der Waals surface area contributed by atoms with Crippen molar-refractivity contribution < 1.29 is 4.79 Å². The van der Waals surface area contributed by atoms with Gasteiger partial charge < -0.3 is 14.4 Å². The third-order valence-electron chi connectivity index (χ3n) is 3.39. The average molecular weight is 290 g/mol. The third kappa shape index (κ3) is 2.62. The van der Waals surface area contributed by atoms with Crippen LogP contribution in [0.4, 0.5) is 0 Å². The van der Waals surface area contributed by atoms with Gasteiger partial charge in [0.2, 0.25) is 0 Å². The fourth-order valence-corrected chi connectivity index (χ4v) is 3.08. The van der Waals surface area contributed by atoms with Crippen LogP contribution in [0.1, 0.15) is 21.9 Å². The summed E-state index contributed by atoms with van der Waals surface area (Å²) in [6, 6.07) is 1.88. The predicted octanol–water partition coefficient (Wildman–Crippen LogP) is 1.66. The molecule has 5 nitrogen and oxygen atoms in total. The zero-order valence-electron chi connectivity index (χ0n) is 11.7. The highest BCUT2D eigenvalue weighted by Gasteiger charge is 2.23. The number of rotatable bonds is 3. The summed E-state index contributed by atoms with van der Waals surface area (Å²) in [5.74, 6) is 1.09. The van der Waals surface area contributed by atoms with E-state index in [4.69, 9.17) is 0 Å². The van der Waals surface area contributed by atoms with Crippen LogP contribution in [0.25, 0.3) is 0 Å². The monoisotopic (exact) mass is 290 g/mol. The van der Waals surface area contributed by atoms with Gasteiger partial charge in [0.15, 0.2) is 0 Å². The van der Waals surface area contributed by atoms with Crippen LogP contribution >= 0.6 is 11.3 Å². The Kier molecular flexibility index (Phi) is 3.58. The number of amides is 1. The zero-order valence-corrected chi connectivity index (χ0v) is 12.6. The van der Waals surface area contributed by atoms with E-state index in [0.29, 0.717) is 6.54 Å². The van der Waals surface area contributed by atoms with Crippen LogP contribution < -0.4 is 0 Å². The molecule has 0 N–H and O–H groups in total. The average Bonchev–Trinajstić information content (AvgIpc) is 3.04. The zero-order chi connectivity index (χ0) is 14.1. The molecule has 1 aliphatic heterocycles. The summed E-state index contributed by atoms with van der Waals surface area (Å²) in [7, 11) is 4.06. The first-order valence-electron chi connectivity index (χ1n) is 6.64. The van der Waals surface area contributed by atoms with Crippen molar-refractivity contribution in [3.63, 3.8) is 0 Å². The number of imidazole rings is 1. The van der Waals surface area contributed by atoms with Gasteiger partial charge in [0.05, 0.1) is 17.8 Å². The molecule has 0 saturated carbocycles. The number of thiophene rings is 1. The summed E-state index contributed by atoms with van der Waals surface area (Å²) < 4.78 is 2.16. The van der Waals surface area contributed by atoms with Crippen LogP contribution in [-0.2, 0) is 19.6 Å². The molecule has 3 heterocycles. The molecule has 0 saturated heterocycles. The molecular weight excluding hydrogens is 272 g/mol. The molecule has 3 rings (SSSR count). The molecule has 0 atom stereocenters. The molecule has 0 spiro atoms. The van der Waals surface area contributed by atoms with Gasteiger partial charge in [0, 0.05) is 31.2 Å². The molecule has 0 radical (unpaired) electrons. The Hall–Kier alpha value is -1.66. The van der Waals surface area contributed by atoms with E-state index in [1.807, 2.05) is 35.8 Å². The molecule has 0 fully saturated rings. The number of carbonyl (C=O) groups is 1. The Bertz CT molecular complexity index is 603. The van der Waals surface area contributed by atoms with Gasteiger partial charge in [-0.05, 0) is 25.5 Å². The SMILES string of the molecule is CN(C)Cc1cn2c(n1)CN(C(=O)c1ccsc1)CC2. The van der Waals surface area contributed by atoms with Gasteiger partial charge >= 0.3 is 0 Å². The summed E-state index contributed by atoms with van der Waals surface area (Å²) in [5, 5.41) is 3.84. The standard InChI is InChI=1S/C14H18N4OS/c1-16(2)7-12-8-17-4-5-18(9-13(17)15-12)14(19)11-3-6-20-10-11/h3,6,8,10H,4-5,7,9H2,1-2H3. The lowest BCUT2D eigenvalue weighted by atomic mass is 10.2. The Morgan fingerprint density at radius 1 is 1.45 bits per heavy atom. The maximum atomic E-state index is 12.3. The van der Waals surface area contributed by atoms with Gasteiger partial charge in [-0.1, -0.05) is 0 Å². The predicted molar refractivity (Wildman–Crippen MR) is 78.7 cm³/mol. The number of carbonyl (C=O) groups excluding carboxylic acids is 1. The molecule has 1 aliphatic rings. The first kappa shape index (κ1) is 13.3. The van der Waals surface area contributed by atoms with Crippen molar-refractivity contribution in [3.05, 3.63) is 40.1 Å². The van der Waals surface area contributed by atoms with Crippen LogP contribution in [0.3, 0.4) is 0 Å². The number of hydrogen-bond acceptors (Lipinski definition) is 4. The Labute approximate surface area is 122 Å². The third-order valence-corrected chi connectivity index (χ3v) is 4.07. The molecular formula is C14H18N4OS. The van der Waals surface area contributed by atoms with E-state index in [1.54, 1.807) is 11.3 Å². The lowest BCUT2D eigenvalue weighted by Crippen LogP contribution is -2.38. The van der Waals surface area contributed by atoms with Gasteiger partial charge in [-0.3, -0.25) is 4.79 Å². The van der Waals surface area contributed by atoms with Gasteiger partial charge in [-0.2, -0.15) is 11.3 Å². The first-order chi connectivity index (χ1) is 9.63. The van der Waals surface area contributed by atoms with E-state index in [0.717, 1.165) is 36.7 Å². The summed E-state index contributed by atoms with van der Waals surface area (Å²) in [6.45, 7) is 3.01. The quantitative estimate of drug-likeness (QED) is 0.863. The van der Waals surface area contributed by atoms with E-state index in [2.05, 4.69) is 20.6 Å². The first-order valence-corrected chi connectivity index (χ1v) is 7.59. The molecule has 1 amide bonds. The van der Waals surface area contributed by atoms with Crippen molar-refractivity contribution in [2.45, 2.75) is 19.6 Å². The molecule has 6 heteroatoms. The molecule has 0 unspecified atom stereocenters. The largest absolute Gasteiger partial charge is 0.331 e. The van der Waals surface area contributed by atoms with Crippen molar-refractivity contribution in [2.75, 3.05) is 20.6 Å². The minimum Gasteiger partial charge on any atom is -0.331 e. The minimum atomic E-state index is 0.106. The van der Waals surface area contributed by atoms with Crippen LogP contribution in [-0.4, -0.2) is 45.9 Å². The lowest BCUT2D eigenvalue weighted by molar-refractivity contribution is 0.0708.